The lowest BCUT2D eigenvalue weighted by atomic mass is 9.81. The van der Waals surface area contributed by atoms with E-state index in [-0.39, 0.29) is 0 Å². The van der Waals surface area contributed by atoms with Crippen LogP contribution in [0.1, 0.15) is 16.7 Å². The third-order valence-corrected chi connectivity index (χ3v) is 11.6. The molecule has 3 aliphatic carbocycles. The van der Waals surface area contributed by atoms with Crippen LogP contribution in [-0.4, -0.2) is 0 Å². The van der Waals surface area contributed by atoms with Crippen molar-refractivity contribution >= 4 is 65.3 Å². The van der Waals surface area contributed by atoms with E-state index in [1.54, 1.807) is 0 Å². The van der Waals surface area contributed by atoms with Gasteiger partial charge in [-0.2, -0.15) is 0 Å². The van der Waals surface area contributed by atoms with Gasteiger partial charge in [0.2, 0.25) is 0 Å². The van der Waals surface area contributed by atoms with Gasteiger partial charge in [-0.15, -0.1) is 11.3 Å². The quantitative estimate of drug-likeness (QED) is 0.172. The average Bonchev–Trinajstić information content (AvgIpc) is 3.50. The number of fused-ring (bicyclic) bond motifs is 7. The first kappa shape index (κ1) is 27.5. The van der Waals surface area contributed by atoms with E-state index >= 15 is 0 Å². The largest absolute Gasteiger partial charge is 0.310 e. The number of hydrogen-bond acceptors (Lipinski definition) is 2. The van der Waals surface area contributed by atoms with Crippen molar-refractivity contribution in [3.8, 4) is 33.4 Å². The molecule has 1 aromatic heterocycles. The van der Waals surface area contributed by atoms with Crippen LogP contribution in [0.2, 0.25) is 0 Å². The molecule has 0 atom stereocenters. The summed E-state index contributed by atoms with van der Waals surface area (Å²) in [6.07, 6.45) is 2.12. The molecule has 0 saturated carbocycles. The van der Waals surface area contributed by atoms with E-state index in [1.165, 1.54) is 81.4 Å². The number of anilines is 3. The Morgan fingerprint density at radius 2 is 1.14 bits per heavy atom. The third kappa shape index (κ3) is 3.96. The smallest absolute Gasteiger partial charge is 0.0476 e. The zero-order valence-electron chi connectivity index (χ0n) is 26.9. The van der Waals surface area contributed by atoms with Crippen molar-refractivity contribution in [2.75, 3.05) is 4.90 Å². The molecule has 0 N–H and O–H groups in total. The molecule has 1 heterocycles. The average molecular weight is 650 g/mol. The summed E-state index contributed by atoms with van der Waals surface area (Å²) in [5, 5.41) is 2.63. The van der Waals surface area contributed by atoms with Gasteiger partial charge in [0.15, 0.2) is 0 Å². The molecule has 0 amide bonds. The number of benzene rings is 7. The summed E-state index contributed by atoms with van der Waals surface area (Å²) in [5.41, 5.74) is 25.2. The minimum atomic E-state index is 1.12. The first-order chi connectivity index (χ1) is 24.8. The summed E-state index contributed by atoms with van der Waals surface area (Å²) in [4.78, 5) is 2.36. The molecule has 50 heavy (non-hydrogen) atoms. The van der Waals surface area contributed by atoms with Crippen LogP contribution in [0.5, 0.6) is 0 Å². The number of rotatable bonds is 4. The number of hydrogen-bond donors (Lipinski definition) is 0. The molecule has 6 bridgehead atoms. The summed E-state index contributed by atoms with van der Waals surface area (Å²) < 4.78 is 2.62. The van der Waals surface area contributed by atoms with Crippen LogP contribution in [0.4, 0.5) is 17.1 Å². The first-order valence-corrected chi connectivity index (χ1v) is 17.8. The molecule has 0 fully saturated rings. The van der Waals surface area contributed by atoms with Crippen molar-refractivity contribution < 1.29 is 0 Å². The highest BCUT2D eigenvalue weighted by molar-refractivity contribution is 7.25. The van der Waals surface area contributed by atoms with E-state index < -0.39 is 0 Å². The first-order valence-electron chi connectivity index (χ1n) is 17.0. The van der Waals surface area contributed by atoms with Gasteiger partial charge in [0.25, 0.3) is 0 Å². The standard InChI is InChI=1S/C48H27NS/c1-2-10-32(11-3-1)49(34-25-27-38-37-13-6-7-19-45(37)50-46(38)29-34)33-23-20-30(21-24-33)31-22-26-36-41-16-9-17-42-43-18-8-15-40(48(43)44(36)28-31)35-12-4-5-14-39(35)47(41)42/h1-8,10-15,17-29H. The van der Waals surface area contributed by atoms with Gasteiger partial charge in [-0.25, -0.2) is 0 Å². The van der Waals surface area contributed by atoms with Gasteiger partial charge in [0, 0.05) is 48.4 Å². The Balaban J connectivity index is 1.04. The molecular weight excluding hydrogens is 623 g/mol. The van der Waals surface area contributed by atoms with Crippen LogP contribution in [0, 0.1) is 0 Å². The van der Waals surface area contributed by atoms with Crippen LogP contribution in [0.25, 0.3) is 70.3 Å². The van der Waals surface area contributed by atoms with Gasteiger partial charge < -0.3 is 4.90 Å². The molecule has 3 aliphatic rings. The molecule has 0 radical (unpaired) electrons. The fourth-order valence-electron chi connectivity index (χ4n) is 8.20. The Kier molecular flexibility index (Phi) is 5.81. The molecule has 8 aromatic rings. The van der Waals surface area contributed by atoms with Crippen molar-refractivity contribution in [2.24, 2.45) is 0 Å². The third-order valence-electron chi connectivity index (χ3n) is 10.4. The summed E-state index contributed by atoms with van der Waals surface area (Å²) in [6, 6.07) is 57.8. The van der Waals surface area contributed by atoms with E-state index in [2.05, 4.69) is 180 Å². The topological polar surface area (TPSA) is 3.24 Å². The summed E-state index contributed by atoms with van der Waals surface area (Å²) in [6.45, 7) is 0. The van der Waals surface area contributed by atoms with Crippen LogP contribution in [-0.2, 0) is 0 Å². The molecule has 11 rings (SSSR count). The molecule has 0 unspecified atom stereocenters. The summed E-state index contributed by atoms with van der Waals surface area (Å²) >= 11 is 1.86. The molecule has 0 saturated heterocycles. The van der Waals surface area contributed by atoms with Crippen LogP contribution in [0.3, 0.4) is 0 Å². The van der Waals surface area contributed by atoms with Crippen LogP contribution >= 0.6 is 11.3 Å². The zero-order chi connectivity index (χ0) is 32.8. The monoisotopic (exact) mass is 649 g/mol. The van der Waals surface area contributed by atoms with Gasteiger partial charge in [-0.3, -0.25) is 0 Å². The molecule has 0 aliphatic heterocycles. The van der Waals surface area contributed by atoms with Gasteiger partial charge in [0.1, 0.15) is 0 Å². The second-order valence-corrected chi connectivity index (χ2v) is 14.2. The fraction of sp³-hybridized carbons (Fsp3) is 0. The van der Waals surface area contributed by atoms with E-state index in [0.29, 0.717) is 0 Å². The Morgan fingerprint density at radius 1 is 0.440 bits per heavy atom. The molecule has 0 spiro atoms. The van der Waals surface area contributed by atoms with E-state index in [4.69, 9.17) is 0 Å². The molecule has 2 heteroatoms. The van der Waals surface area contributed by atoms with Gasteiger partial charge >= 0.3 is 0 Å². The molecular formula is C48H27NS. The summed E-state index contributed by atoms with van der Waals surface area (Å²) in [5.74, 6) is 0. The van der Waals surface area contributed by atoms with E-state index in [0.717, 1.165) is 22.6 Å². The maximum Gasteiger partial charge on any atom is 0.0476 e. The number of para-hydroxylation sites is 1. The van der Waals surface area contributed by atoms with Crippen molar-refractivity contribution in [3.63, 3.8) is 0 Å². The number of nitrogens with zero attached hydrogens (tertiary/aromatic N) is 1. The van der Waals surface area contributed by atoms with E-state index in [9.17, 15) is 0 Å². The lowest BCUT2D eigenvalue weighted by Gasteiger charge is -2.26. The van der Waals surface area contributed by atoms with Crippen LogP contribution in [0.15, 0.2) is 175 Å². The van der Waals surface area contributed by atoms with Crippen molar-refractivity contribution in [2.45, 2.75) is 0 Å². The lowest BCUT2D eigenvalue weighted by molar-refractivity contribution is 1.29. The SMILES string of the molecule is C1=C=C2C3=C(C=1)c1cccc(c1-c1cc(-c4ccc(N(c5ccccc5)c5ccc6c(c5)sc5ccccc56)cc4)ccc12)-c1ccccc13. The zero-order valence-corrected chi connectivity index (χ0v) is 27.8. The highest BCUT2D eigenvalue weighted by Crippen LogP contribution is 2.55. The molecule has 1 nitrogen and oxygen atoms in total. The predicted molar refractivity (Wildman–Crippen MR) is 212 cm³/mol. The number of thiophene rings is 1. The highest BCUT2D eigenvalue weighted by atomic mass is 32.1. The molecule has 230 valence electrons. The maximum atomic E-state index is 3.53. The fourth-order valence-corrected chi connectivity index (χ4v) is 9.34. The van der Waals surface area contributed by atoms with Crippen molar-refractivity contribution in [1.29, 1.82) is 0 Å². The summed E-state index contributed by atoms with van der Waals surface area (Å²) in [7, 11) is 0. The number of allylic oxidation sites excluding steroid dienone is 4. The maximum absolute atomic E-state index is 3.53. The second-order valence-electron chi connectivity index (χ2n) is 13.1. The van der Waals surface area contributed by atoms with Gasteiger partial charge in [0.05, 0.1) is 0 Å². The van der Waals surface area contributed by atoms with E-state index in [1.807, 2.05) is 11.3 Å². The molecule has 7 aromatic carbocycles. The van der Waals surface area contributed by atoms with Crippen molar-refractivity contribution in [1.82, 2.24) is 0 Å². The van der Waals surface area contributed by atoms with Crippen LogP contribution < -0.4 is 4.90 Å². The van der Waals surface area contributed by atoms with Gasteiger partial charge in [-0.05, 0) is 110 Å². The van der Waals surface area contributed by atoms with Crippen molar-refractivity contribution in [3.05, 3.63) is 192 Å². The minimum absolute atomic E-state index is 1.12. The Labute approximate surface area is 294 Å². The predicted octanol–water partition coefficient (Wildman–Crippen LogP) is 13.5. The Morgan fingerprint density at radius 3 is 2.04 bits per heavy atom. The Bertz CT molecular complexity index is 2870. The normalized spacial score (nSPS) is 13.2. The van der Waals surface area contributed by atoms with Gasteiger partial charge in [-0.1, -0.05) is 121 Å². The second kappa shape index (κ2) is 10.5. The minimum Gasteiger partial charge on any atom is -0.310 e. The lowest BCUT2D eigenvalue weighted by Crippen LogP contribution is -2.09. The Hall–Kier alpha value is -6.40. The highest BCUT2D eigenvalue weighted by Gasteiger charge is 2.33.